The van der Waals surface area contributed by atoms with Gasteiger partial charge in [0.15, 0.2) is 17.3 Å². The molecule has 0 saturated heterocycles. The van der Waals surface area contributed by atoms with Gasteiger partial charge in [-0.3, -0.25) is 14.9 Å². The van der Waals surface area contributed by atoms with E-state index in [0.717, 1.165) is 11.6 Å². The highest BCUT2D eigenvalue weighted by atomic mass is 16.6. The Bertz CT molecular complexity index is 992. The molecular weight excluding hydrogens is 362 g/mol. The van der Waals surface area contributed by atoms with Crippen molar-refractivity contribution < 1.29 is 19.2 Å². The van der Waals surface area contributed by atoms with Crippen LogP contribution < -0.4 is 14.8 Å². The van der Waals surface area contributed by atoms with Crippen molar-refractivity contribution in [2.45, 2.75) is 6.61 Å². The number of anilines is 1. The van der Waals surface area contributed by atoms with Crippen molar-refractivity contribution in [3.63, 3.8) is 0 Å². The van der Waals surface area contributed by atoms with E-state index in [2.05, 4.69) is 10.3 Å². The Hall–Kier alpha value is -3.94. The third-order valence-electron chi connectivity index (χ3n) is 3.88. The van der Waals surface area contributed by atoms with E-state index >= 15 is 0 Å². The molecule has 0 radical (unpaired) electrons. The molecule has 0 aliphatic carbocycles. The molecule has 0 aliphatic heterocycles. The molecule has 3 aromatic rings. The Morgan fingerprint density at radius 2 is 1.89 bits per heavy atom. The van der Waals surface area contributed by atoms with Crippen LogP contribution in [0.4, 0.5) is 11.5 Å². The predicted octanol–water partition coefficient (Wildman–Crippen LogP) is 3.83. The number of pyridine rings is 1. The maximum Gasteiger partial charge on any atom is 0.311 e. The summed E-state index contributed by atoms with van der Waals surface area (Å²) in [4.78, 5) is 27.2. The van der Waals surface area contributed by atoms with Crippen LogP contribution in [-0.4, -0.2) is 22.9 Å². The quantitative estimate of drug-likeness (QED) is 0.494. The average Bonchev–Trinajstić information content (AvgIpc) is 2.73. The minimum absolute atomic E-state index is 0.0752. The highest BCUT2D eigenvalue weighted by molar-refractivity contribution is 6.05. The molecule has 2 aromatic carbocycles. The summed E-state index contributed by atoms with van der Waals surface area (Å²) in [5, 5.41) is 13.8. The van der Waals surface area contributed by atoms with Crippen LogP contribution in [0, 0.1) is 10.1 Å². The molecule has 1 aromatic heterocycles. The van der Waals surface area contributed by atoms with Crippen molar-refractivity contribution >= 4 is 17.4 Å². The van der Waals surface area contributed by atoms with Crippen LogP contribution in [0.1, 0.15) is 15.9 Å². The zero-order chi connectivity index (χ0) is 19.9. The number of rotatable bonds is 7. The van der Waals surface area contributed by atoms with Crippen molar-refractivity contribution in [1.29, 1.82) is 0 Å². The number of amides is 1. The van der Waals surface area contributed by atoms with Gasteiger partial charge in [0.25, 0.3) is 5.91 Å². The van der Waals surface area contributed by atoms with Gasteiger partial charge in [-0.15, -0.1) is 0 Å². The van der Waals surface area contributed by atoms with Gasteiger partial charge in [0.05, 0.1) is 12.0 Å². The van der Waals surface area contributed by atoms with Gasteiger partial charge in [-0.1, -0.05) is 30.3 Å². The van der Waals surface area contributed by atoms with Crippen molar-refractivity contribution in [1.82, 2.24) is 4.98 Å². The lowest BCUT2D eigenvalue weighted by atomic mass is 10.1. The van der Waals surface area contributed by atoms with E-state index in [1.807, 2.05) is 30.3 Å². The standard InChI is InChI=1S/C20H17N3O5/c1-27-17-10-9-15(12-16(17)23(25)26)20(24)22-19-18(8-5-11-21-19)28-13-14-6-3-2-4-7-14/h2-12H,13H2,1H3,(H,21,22,24). The number of benzene rings is 2. The molecule has 0 saturated carbocycles. The van der Waals surface area contributed by atoms with E-state index in [4.69, 9.17) is 9.47 Å². The van der Waals surface area contributed by atoms with Crippen LogP contribution in [0.25, 0.3) is 0 Å². The molecule has 8 nitrogen and oxygen atoms in total. The second-order valence-corrected chi connectivity index (χ2v) is 5.72. The number of aromatic nitrogens is 1. The summed E-state index contributed by atoms with van der Waals surface area (Å²) in [7, 11) is 1.33. The van der Waals surface area contributed by atoms with Crippen LogP contribution in [-0.2, 0) is 6.61 Å². The molecule has 1 heterocycles. The number of nitrogens with zero attached hydrogens (tertiary/aromatic N) is 2. The number of carbonyl (C=O) groups excluding carboxylic acids is 1. The first-order valence-corrected chi connectivity index (χ1v) is 8.34. The number of carbonyl (C=O) groups is 1. The summed E-state index contributed by atoms with van der Waals surface area (Å²) in [6.45, 7) is 0.309. The maximum absolute atomic E-state index is 12.5. The van der Waals surface area contributed by atoms with Gasteiger partial charge in [0.2, 0.25) is 0 Å². The van der Waals surface area contributed by atoms with E-state index in [9.17, 15) is 14.9 Å². The smallest absolute Gasteiger partial charge is 0.311 e. The Labute approximate surface area is 160 Å². The predicted molar refractivity (Wildman–Crippen MR) is 103 cm³/mol. The Morgan fingerprint density at radius 3 is 2.61 bits per heavy atom. The Balaban J connectivity index is 1.77. The fourth-order valence-electron chi connectivity index (χ4n) is 2.49. The van der Waals surface area contributed by atoms with Gasteiger partial charge in [-0.25, -0.2) is 4.98 Å². The van der Waals surface area contributed by atoms with Crippen LogP contribution in [0.2, 0.25) is 0 Å². The van der Waals surface area contributed by atoms with Crippen molar-refractivity contribution in [2.24, 2.45) is 0 Å². The fraction of sp³-hybridized carbons (Fsp3) is 0.100. The fourth-order valence-corrected chi connectivity index (χ4v) is 2.49. The molecule has 0 bridgehead atoms. The molecule has 0 aliphatic rings. The van der Waals surface area contributed by atoms with Crippen LogP contribution in [0.3, 0.4) is 0 Å². The van der Waals surface area contributed by atoms with Crippen molar-refractivity contribution in [3.05, 3.63) is 88.1 Å². The maximum atomic E-state index is 12.5. The van der Waals surface area contributed by atoms with Gasteiger partial charge in [0.1, 0.15) is 6.61 Å². The zero-order valence-corrected chi connectivity index (χ0v) is 15.0. The lowest BCUT2D eigenvalue weighted by molar-refractivity contribution is -0.385. The van der Waals surface area contributed by atoms with Gasteiger partial charge >= 0.3 is 5.69 Å². The van der Waals surface area contributed by atoms with E-state index in [1.165, 1.54) is 25.4 Å². The average molecular weight is 379 g/mol. The van der Waals surface area contributed by atoms with Gasteiger partial charge in [0, 0.05) is 17.8 Å². The first-order valence-electron chi connectivity index (χ1n) is 8.34. The van der Waals surface area contributed by atoms with E-state index in [1.54, 1.807) is 12.1 Å². The minimum Gasteiger partial charge on any atom is -0.490 e. The molecule has 0 fully saturated rings. The summed E-state index contributed by atoms with van der Waals surface area (Å²) in [6.07, 6.45) is 1.52. The molecule has 1 N–H and O–H groups in total. The third kappa shape index (κ3) is 4.42. The third-order valence-corrected chi connectivity index (χ3v) is 3.88. The van der Waals surface area contributed by atoms with Gasteiger partial charge < -0.3 is 14.8 Å². The molecule has 0 atom stereocenters. The number of nitro benzene ring substituents is 1. The molecule has 142 valence electrons. The van der Waals surface area contributed by atoms with E-state index < -0.39 is 10.8 Å². The lowest BCUT2D eigenvalue weighted by Gasteiger charge is -2.12. The molecule has 1 amide bonds. The summed E-state index contributed by atoms with van der Waals surface area (Å²) < 4.78 is 10.7. The molecular formula is C20H17N3O5. The van der Waals surface area contributed by atoms with Crippen LogP contribution in [0.15, 0.2) is 66.9 Å². The van der Waals surface area contributed by atoms with Gasteiger partial charge in [-0.2, -0.15) is 0 Å². The molecule has 8 heteroatoms. The second-order valence-electron chi connectivity index (χ2n) is 5.72. The number of methoxy groups -OCH3 is 1. The van der Waals surface area contributed by atoms with Crippen LogP contribution >= 0.6 is 0 Å². The second kappa shape index (κ2) is 8.63. The molecule has 0 unspecified atom stereocenters. The van der Waals surface area contributed by atoms with Crippen LogP contribution in [0.5, 0.6) is 11.5 Å². The van der Waals surface area contributed by atoms with Gasteiger partial charge in [-0.05, 0) is 29.8 Å². The van der Waals surface area contributed by atoms with E-state index in [0.29, 0.717) is 12.4 Å². The van der Waals surface area contributed by atoms with Crippen molar-refractivity contribution in [3.8, 4) is 11.5 Å². The highest BCUT2D eigenvalue weighted by Gasteiger charge is 2.19. The topological polar surface area (TPSA) is 104 Å². The molecule has 3 rings (SSSR count). The number of hydrogen-bond acceptors (Lipinski definition) is 6. The largest absolute Gasteiger partial charge is 0.490 e. The Morgan fingerprint density at radius 1 is 1.11 bits per heavy atom. The lowest BCUT2D eigenvalue weighted by Crippen LogP contribution is -2.14. The number of nitro groups is 1. The first kappa shape index (κ1) is 18.8. The SMILES string of the molecule is COc1ccc(C(=O)Nc2ncccc2OCc2ccccc2)cc1[N+](=O)[O-]. The summed E-state index contributed by atoms with van der Waals surface area (Å²) in [6, 6.07) is 16.9. The summed E-state index contributed by atoms with van der Waals surface area (Å²) in [5.41, 5.74) is 0.776. The normalized spacial score (nSPS) is 10.2. The van der Waals surface area contributed by atoms with E-state index in [-0.39, 0.29) is 22.8 Å². The first-order chi connectivity index (χ1) is 13.6. The summed E-state index contributed by atoms with van der Waals surface area (Å²) >= 11 is 0. The number of hydrogen-bond donors (Lipinski definition) is 1. The molecule has 28 heavy (non-hydrogen) atoms. The monoisotopic (exact) mass is 379 g/mol. The molecule has 0 spiro atoms. The zero-order valence-electron chi connectivity index (χ0n) is 15.0. The van der Waals surface area contributed by atoms with Crippen molar-refractivity contribution in [2.75, 3.05) is 12.4 Å². The highest BCUT2D eigenvalue weighted by Crippen LogP contribution is 2.28. The summed E-state index contributed by atoms with van der Waals surface area (Å²) in [5.74, 6) is 0.143. The number of nitrogens with one attached hydrogen (secondary N) is 1. The Kier molecular flexibility index (Phi) is 5.81. The minimum atomic E-state index is -0.606. The number of ether oxygens (including phenoxy) is 2.